The average Bonchev–Trinajstić information content (AvgIpc) is 2.75. The fraction of sp³-hybridized carbons (Fsp3) is 0.364. The van der Waals surface area contributed by atoms with Crippen LogP contribution in [0.1, 0.15) is 17.3 Å². The molecule has 1 amide bonds. The fourth-order valence-corrected chi connectivity index (χ4v) is 3.00. The van der Waals surface area contributed by atoms with Gasteiger partial charge >= 0.3 is 5.97 Å². The number of likely N-dealkylation sites (N-methyl/N-ethyl adjacent to an activating group) is 1. The van der Waals surface area contributed by atoms with Crippen LogP contribution in [-0.2, 0) is 9.53 Å². The summed E-state index contributed by atoms with van der Waals surface area (Å²) in [6.07, 6.45) is -0.275. The highest BCUT2D eigenvalue weighted by atomic mass is 16.6. The predicted octanol–water partition coefficient (Wildman–Crippen LogP) is 2.60. The number of hydrogen-bond acceptors (Lipinski definition) is 6. The molecule has 0 fully saturated rings. The van der Waals surface area contributed by atoms with Gasteiger partial charge in [-0.2, -0.15) is 0 Å². The van der Waals surface area contributed by atoms with Crippen LogP contribution in [0.5, 0.6) is 11.5 Å². The maximum atomic E-state index is 12.5. The van der Waals surface area contributed by atoms with Crippen molar-refractivity contribution in [2.75, 3.05) is 45.3 Å². The van der Waals surface area contributed by atoms with Crippen molar-refractivity contribution in [2.24, 2.45) is 0 Å². The quantitative estimate of drug-likeness (QED) is 0.668. The average molecular weight is 398 g/mol. The van der Waals surface area contributed by atoms with Crippen molar-refractivity contribution in [3.05, 3.63) is 54.1 Å². The molecule has 1 aliphatic rings. The molecule has 2 aromatic carbocycles. The van der Waals surface area contributed by atoms with Crippen LogP contribution in [0.4, 0.5) is 5.69 Å². The summed E-state index contributed by atoms with van der Waals surface area (Å²) in [7, 11) is 3.84. The van der Waals surface area contributed by atoms with Gasteiger partial charge in [0.2, 0.25) is 0 Å². The van der Waals surface area contributed by atoms with Gasteiger partial charge in [-0.05, 0) is 43.3 Å². The summed E-state index contributed by atoms with van der Waals surface area (Å²) in [5.41, 5.74) is 1.39. The Morgan fingerprint density at radius 2 is 1.76 bits per heavy atom. The number of ether oxygens (including phenoxy) is 3. The summed E-state index contributed by atoms with van der Waals surface area (Å²) in [6.45, 7) is 2.76. The first-order chi connectivity index (χ1) is 14.0. The van der Waals surface area contributed by atoms with Crippen molar-refractivity contribution in [1.82, 2.24) is 4.90 Å². The number of esters is 1. The summed E-state index contributed by atoms with van der Waals surface area (Å²) in [5.74, 6) is 0.575. The minimum atomic E-state index is -0.522. The van der Waals surface area contributed by atoms with E-state index in [0.29, 0.717) is 36.8 Å². The summed E-state index contributed by atoms with van der Waals surface area (Å²) >= 11 is 0. The van der Waals surface area contributed by atoms with E-state index in [4.69, 9.17) is 14.2 Å². The van der Waals surface area contributed by atoms with Crippen LogP contribution in [0.3, 0.4) is 0 Å². The zero-order valence-electron chi connectivity index (χ0n) is 17.0. The number of fused-ring (bicyclic) bond motifs is 1. The standard InChI is InChI=1S/C22H26N2O5/c1-4-24(13-18-14-27-19-7-5-6-8-20(19)29-18)21(25)15-28-22(26)16-9-11-17(12-10-16)23(2)3/h5-12,18H,4,13-15H2,1-3H3/t18-/m1/s1. The Labute approximate surface area is 170 Å². The molecule has 0 aromatic heterocycles. The molecule has 1 heterocycles. The smallest absolute Gasteiger partial charge is 0.338 e. The van der Waals surface area contributed by atoms with Crippen LogP contribution in [0.25, 0.3) is 0 Å². The second kappa shape index (κ2) is 9.32. The molecule has 0 saturated carbocycles. The third kappa shape index (κ3) is 5.19. The van der Waals surface area contributed by atoms with Crippen LogP contribution >= 0.6 is 0 Å². The number of carbonyl (C=O) groups is 2. The van der Waals surface area contributed by atoms with E-state index in [1.807, 2.05) is 62.3 Å². The van der Waals surface area contributed by atoms with E-state index in [2.05, 4.69) is 0 Å². The number of rotatable bonds is 7. The van der Waals surface area contributed by atoms with Gasteiger partial charge in [-0.25, -0.2) is 4.79 Å². The van der Waals surface area contributed by atoms with E-state index >= 15 is 0 Å². The zero-order chi connectivity index (χ0) is 20.8. The zero-order valence-corrected chi connectivity index (χ0v) is 17.0. The lowest BCUT2D eigenvalue weighted by molar-refractivity contribution is -0.135. The Morgan fingerprint density at radius 1 is 1.07 bits per heavy atom. The minimum absolute atomic E-state index is 0.270. The number of para-hydroxylation sites is 2. The monoisotopic (exact) mass is 398 g/mol. The second-order valence-corrected chi connectivity index (χ2v) is 6.95. The number of carbonyl (C=O) groups excluding carboxylic acids is 2. The molecule has 0 aliphatic carbocycles. The van der Waals surface area contributed by atoms with Crippen molar-refractivity contribution in [1.29, 1.82) is 0 Å². The maximum Gasteiger partial charge on any atom is 0.338 e. The van der Waals surface area contributed by atoms with Crippen LogP contribution in [-0.4, -0.2) is 63.3 Å². The molecular weight excluding hydrogens is 372 g/mol. The second-order valence-electron chi connectivity index (χ2n) is 6.95. The first-order valence-electron chi connectivity index (χ1n) is 9.58. The number of amides is 1. The van der Waals surface area contributed by atoms with Gasteiger partial charge in [-0.3, -0.25) is 4.79 Å². The molecule has 29 heavy (non-hydrogen) atoms. The van der Waals surface area contributed by atoms with Crippen molar-refractivity contribution in [3.63, 3.8) is 0 Å². The van der Waals surface area contributed by atoms with E-state index in [9.17, 15) is 9.59 Å². The van der Waals surface area contributed by atoms with Crippen LogP contribution in [0.15, 0.2) is 48.5 Å². The largest absolute Gasteiger partial charge is 0.486 e. The molecule has 1 aliphatic heterocycles. The number of nitrogens with zero attached hydrogens (tertiary/aromatic N) is 2. The molecule has 0 unspecified atom stereocenters. The number of anilines is 1. The fourth-order valence-electron chi connectivity index (χ4n) is 3.00. The summed E-state index contributed by atoms with van der Waals surface area (Å²) in [4.78, 5) is 28.3. The first-order valence-corrected chi connectivity index (χ1v) is 9.58. The van der Waals surface area contributed by atoms with Crippen molar-refractivity contribution in [3.8, 4) is 11.5 Å². The predicted molar refractivity (Wildman–Crippen MR) is 110 cm³/mol. The molecule has 0 saturated heterocycles. The van der Waals surface area contributed by atoms with Crippen molar-refractivity contribution >= 4 is 17.6 Å². The molecule has 7 heteroatoms. The highest BCUT2D eigenvalue weighted by molar-refractivity contribution is 5.91. The Kier molecular flexibility index (Phi) is 6.59. The normalized spacial score (nSPS) is 14.8. The van der Waals surface area contributed by atoms with Crippen LogP contribution in [0.2, 0.25) is 0 Å². The Hall–Kier alpha value is -3.22. The summed E-state index contributed by atoms with van der Waals surface area (Å²) < 4.78 is 16.8. The molecular formula is C22H26N2O5. The molecule has 2 aromatic rings. The lowest BCUT2D eigenvalue weighted by Gasteiger charge is -2.30. The van der Waals surface area contributed by atoms with Crippen LogP contribution < -0.4 is 14.4 Å². The lowest BCUT2D eigenvalue weighted by Crippen LogP contribution is -2.45. The first kappa shape index (κ1) is 20.5. The van der Waals surface area contributed by atoms with E-state index in [-0.39, 0.29) is 18.6 Å². The van der Waals surface area contributed by atoms with Gasteiger partial charge in [-0.15, -0.1) is 0 Å². The molecule has 154 valence electrons. The Balaban J connectivity index is 1.51. The topological polar surface area (TPSA) is 68.3 Å². The Bertz CT molecular complexity index is 851. The van der Waals surface area contributed by atoms with E-state index in [1.54, 1.807) is 17.0 Å². The summed E-state index contributed by atoms with van der Waals surface area (Å²) in [5, 5.41) is 0. The molecule has 0 radical (unpaired) electrons. The van der Waals surface area contributed by atoms with Gasteiger partial charge in [0.1, 0.15) is 6.61 Å². The van der Waals surface area contributed by atoms with Gasteiger partial charge in [0.15, 0.2) is 24.2 Å². The molecule has 3 rings (SSSR count). The van der Waals surface area contributed by atoms with Gasteiger partial charge < -0.3 is 24.0 Å². The molecule has 0 N–H and O–H groups in total. The SMILES string of the molecule is CCN(C[C@@H]1COc2ccccc2O1)C(=O)COC(=O)c1ccc(N(C)C)cc1. The highest BCUT2D eigenvalue weighted by Gasteiger charge is 2.25. The van der Waals surface area contributed by atoms with Gasteiger partial charge in [0.25, 0.3) is 5.91 Å². The number of hydrogen-bond donors (Lipinski definition) is 0. The van der Waals surface area contributed by atoms with Gasteiger partial charge in [0, 0.05) is 26.3 Å². The minimum Gasteiger partial charge on any atom is -0.486 e. The van der Waals surface area contributed by atoms with Crippen LogP contribution in [0, 0.1) is 0 Å². The van der Waals surface area contributed by atoms with Gasteiger partial charge in [0.05, 0.1) is 12.1 Å². The lowest BCUT2D eigenvalue weighted by atomic mass is 10.2. The van der Waals surface area contributed by atoms with E-state index in [1.165, 1.54) is 0 Å². The molecule has 7 nitrogen and oxygen atoms in total. The third-order valence-electron chi connectivity index (χ3n) is 4.67. The maximum absolute atomic E-state index is 12.5. The van der Waals surface area contributed by atoms with E-state index < -0.39 is 5.97 Å². The molecule has 0 bridgehead atoms. The molecule has 1 atom stereocenters. The Morgan fingerprint density at radius 3 is 2.41 bits per heavy atom. The van der Waals surface area contributed by atoms with Crippen molar-refractivity contribution in [2.45, 2.75) is 13.0 Å². The number of benzene rings is 2. The highest BCUT2D eigenvalue weighted by Crippen LogP contribution is 2.31. The van der Waals surface area contributed by atoms with Crippen molar-refractivity contribution < 1.29 is 23.8 Å². The summed E-state index contributed by atoms with van der Waals surface area (Å²) in [6, 6.07) is 14.5. The van der Waals surface area contributed by atoms with E-state index in [0.717, 1.165) is 5.69 Å². The van der Waals surface area contributed by atoms with Gasteiger partial charge in [-0.1, -0.05) is 12.1 Å². The third-order valence-corrected chi connectivity index (χ3v) is 4.67. The molecule has 0 spiro atoms.